The summed E-state index contributed by atoms with van der Waals surface area (Å²) in [4.78, 5) is 0.294. The molecule has 0 radical (unpaired) electrons. The maximum Gasteiger partial charge on any atom is 0.240 e. The van der Waals surface area contributed by atoms with Crippen LogP contribution < -0.4 is 4.72 Å². The molecule has 0 saturated carbocycles. The van der Waals surface area contributed by atoms with Crippen LogP contribution in [-0.4, -0.2) is 15.5 Å². The van der Waals surface area contributed by atoms with Crippen LogP contribution in [0.25, 0.3) is 0 Å². The molecule has 24 heavy (non-hydrogen) atoms. The number of rotatable bonds is 8. The zero-order valence-electron chi connectivity index (χ0n) is 14.5. The van der Waals surface area contributed by atoms with Crippen LogP contribution in [0.2, 0.25) is 0 Å². The van der Waals surface area contributed by atoms with Gasteiger partial charge < -0.3 is 4.74 Å². The minimum atomic E-state index is -3.51. The Hall–Kier alpha value is -1.69. The lowest BCUT2D eigenvalue weighted by Crippen LogP contribution is -2.23. The zero-order chi connectivity index (χ0) is 17.6. The van der Waals surface area contributed by atoms with E-state index < -0.39 is 10.0 Å². The molecule has 0 aliphatic rings. The molecule has 2 aromatic carbocycles. The summed E-state index contributed by atoms with van der Waals surface area (Å²) in [6, 6.07) is 14.8. The van der Waals surface area contributed by atoms with E-state index in [4.69, 9.17) is 4.74 Å². The van der Waals surface area contributed by atoms with Crippen molar-refractivity contribution >= 4 is 10.0 Å². The lowest BCUT2D eigenvalue weighted by molar-refractivity contribution is 0.185. The van der Waals surface area contributed by atoms with Crippen molar-refractivity contribution < 1.29 is 13.2 Å². The van der Waals surface area contributed by atoms with E-state index >= 15 is 0 Å². The first-order valence-corrected chi connectivity index (χ1v) is 9.54. The third kappa shape index (κ3) is 5.44. The molecule has 0 heterocycles. The summed E-state index contributed by atoms with van der Waals surface area (Å²) in [5.41, 5.74) is 3.08. The molecule has 0 spiro atoms. The molecule has 0 unspecified atom stereocenters. The molecule has 0 aliphatic heterocycles. The second kappa shape index (κ2) is 8.42. The molecule has 130 valence electrons. The Balaban J connectivity index is 2.04. The first kappa shape index (κ1) is 18.6. The standard InChI is InChI=1S/C19H25NO3S/c1-15(2)11-16-7-9-19(10-8-16)24(21,22)20-13-17-5-4-6-18(12-17)14-23-3/h4-10,12,15,20H,11,13-14H2,1-3H3. The lowest BCUT2D eigenvalue weighted by atomic mass is 10.0. The van der Waals surface area contributed by atoms with Crippen LogP contribution in [0.15, 0.2) is 53.4 Å². The number of sulfonamides is 1. The Morgan fingerprint density at radius 1 is 1.00 bits per heavy atom. The molecule has 0 bridgehead atoms. The van der Waals surface area contributed by atoms with Gasteiger partial charge in [0.2, 0.25) is 10.0 Å². The van der Waals surface area contributed by atoms with E-state index in [0.29, 0.717) is 17.4 Å². The van der Waals surface area contributed by atoms with Crippen LogP contribution in [0.1, 0.15) is 30.5 Å². The maximum absolute atomic E-state index is 12.4. The summed E-state index contributed by atoms with van der Waals surface area (Å²) >= 11 is 0. The minimum absolute atomic E-state index is 0.258. The predicted octanol–water partition coefficient (Wildman–Crippen LogP) is 3.51. The number of hydrogen-bond acceptors (Lipinski definition) is 3. The van der Waals surface area contributed by atoms with Crippen molar-refractivity contribution in [2.75, 3.05) is 7.11 Å². The average Bonchev–Trinajstić information content (AvgIpc) is 2.54. The SMILES string of the molecule is COCc1cccc(CNS(=O)(=O)c2ccc(CC(C)C)cc2)c1. The van der Waals surface area contributed by atoms with Gasteiger partial charge in [0.1, 0.15) is 0 Å². The van der Waals surface area contributed by atoms with Crippen molar-refractivity contribution in [3.8, 4) is 0 Å². The Labute approximate surface area is 144 Å². The van der Waals surface area contributed by atoms with Gasteiger partial charge in [-0.3, -0.25) is 0 Å². The molecule has 0 amide bonds. The lowest BCUT2D eigenvalue weighted by Gasteiger charge is -2.10. The monoisotopic (exact) mass is 347 g/mol. The van der Waals surface area contributed by atoms with Crippen molar-refractivity contribution in [3.05, 3.63) is 65.2 Å². The molecule has 0 saturated heterocycles. The highest BCUT2D eigenvalue weighted by atomic mass is 32.2. The zero-order valence-corrected chi connectivity index (χ0v) is 15.3. The molecule has 5 heteroatoms. The Bertz CT molecular complexity index is 752. The molecule has 2 aromatic rings. The summed E-state index contributed by atoms with van der Waals surface area (Å²) in [5, 5.41) is 0. The van der Waals surface area contributed by atoms with Gasteiger partial charge in [0.05, 0.1) is 11.5 Å². The van der Waals surface area contributed by atoms with Crippen LogP contribution in [0.4, 0.5) is 0 Å². The van der Waals surface area contributed by atoms with Gasteiger partial charge in [-0.25, -0.2) is 13.1 Å². The first-order chi connectivity index (χ1) is 11.4. The molecule has 0 aromatic heterocycles. The van der Waals surface area contributed by atoms with Crippen molar-refractivity contribution in [1.29, 1.82) is 0 Å². The van der Waals surface area contributed by atoms with Gasteiger partial charge in [0.25, 0.3) is 0 Å². The van der Waals surface area contributed by atoms with Crippen molar-refractivity contribution in [1.82, 2.24) is 4.72 Å². The number of hydrogen-bond donors (Lipinski definition) is 1. The molecular weight excluding hydrogens is 322 g/mol. The molecule has 0 aliphatic carbocycles. The minimum Gasteiger partial charge on any atom is -0.380 e. The van der Waals surface area contributed by atoms with E-state index in [0.717, 1.165) is 23.1 Å². The fourth-order valence-corrected chi connectivity index (χ4v) is 3.55. The van der Waals surface area contributed by atoms with Crippen LogP contribution in [0, 0.1) is 5.92 Å². The highest BCUT2D eigenvalue weighted by molar-refractivity contribution is 7.89. The largest absolute Gasteiger partial charge is 0.380 e. The highest BCUT2D eigenvalue weighted by Gasteiger charge is 2.13. The third-order valence-corrected chi connectivity index (χ3v) is 5.06. The summed E-state index contributed by atoms with van der Waals surface area (Å²) in [5.74, 6) is 0.546. The van der Waals surface area contributed by atoms with Gasteiger partial charge in [-0.15, -0.1) is 0 Å². The number of nitrogens with one attached hydrogen (secondary N) is 1. The van der Waals surface area contributed by atoms with E-state index in [9.17, 15) is 8.42 Å². The summed E-state index contributed by atoms with van der Waals surface area (Å²) in [7, 11) is -1.87. The number of benzene rings is 2. The van der Waals surface area contributed by atoms with Crippen LogP contribution in [-0.2, 0) is 34.3 Å². The van der Waals surface area contributed by atoms with Gasteiger partial charge in [0.15, 0.2) is 0 Å². The summed E-state index contributed by atoms with van der Waals surface area (Å²) in [6.45, 7) is 5.05. The topological polar surface area (TPSA) is 55.4 Å². The maximum atomic E-state index is 12.4. The third-order valence-electron chi connectivity index (χ3n) is 3.65. The molecule has 2 rings (SSSR count). The van der Waals surface area contributed by atoms with Gasteiger partial charge in [-0.2, -0.15) is 0 Å². The van der Waals surface area contributed by atoms with E-state index in [1.54, 1.807) is 19.2 Å². The molecule has 0 atom stereocenters. The van der Waals surface area contributed by atoms with Crippen LogP contribution in [0.3, 0.4) is 0 Å². The Morgan fingerprint density at radius 2 is 1.67 bits per heavy atom. The van der Waals surface area contributed by atoms with Gasteiger partial charge in [-0.1, -0.05) is 50.2 Å². The van der Waals surface area contributed by atoms with Gasteiger partial charge in [-0.05, 0) is 41.2 Å². The Morgan fingerprint density at radius 3 is 2.29 bits per heavy atom. The van der Waals surface area contributed by atoms with Crippen molar-refractivity contribution in [2.24, 2.45) is 5.92 Å². The van der Waals surface area contributed by atoms with Gasteiger partial charge >= 0.3 is 0 Å². The fourth-order valence-electron chi connectivity index (χ4n) is 2.53. The van der Waals surface area contributed by atoms with Crippen molar-refractivity contribution in [3.63, 3.8) is 0 Å². The van der Waals surface area contributed by atoms with Crippen LogP contribution in [0.5, 0.6) is 0 Å². The second-order valence-corrected chi connectivity index (χ2v) is 8.09. The smallest absolute Gasteiger partial charge is 0.240 e. The summed E-state index contributed by atoms with van der Waals surface area (Å²) in [6.07, 6.45) is 0.944. The second-order valence-electron chi connectivity index (χ2n) is 6.32. The normalized spacial score (nSPS) is 11.8. The summed E-state index contributed by atoms with van der Waals surface area (Å²) < 4.78 is 32.6. The fraction of sp³-hybridized carbons (Fsp3) is 0.368. The quantitative estimate of drug-likeness (QED) is 0.795. The highest BCUT2D eigenvalue weighted by Crippen LogP contribution is 2.14. The van der Waals surface area contributed by atoms with Crippen molar-refractivity contribution in [2.45, 2.75) is 38.3 Å². The van der Waals surface area contributed by atoms with E-state index in [1.807, 2.05) is 36.4 Å². The van der Waals surface area contributed by atoms with E-state index in [2.05, 4.69) is 18.6 Å². The van der Waals surface area contributed by atoms with E-state index in [1.165, 1.54) is 0 Å². The Kier molecular flexibility index (Phi) is 6.54. The number of ether oxygens (including phenoxy) is 1. The van der Waals surface area contributed by atoms with E-state index in [-0.39, 0.29) is 6.54 Å². The average molecular weight is 347 g/mol. The molecule has 1 N–H and O–H groups in total. The molecular formula is C19H25NO3S. The predicted molar refractivity (Wildman–Crippen MR) is 96.2 cm³/mol. The molecule has 0 fully saturated rings. The van der Waals surface area contributed by atoms with Crippen LogP contribution >= 0.6 is 0 Å². The van der Waals surface area contributed by atoms with Gasteiger partial charge in [0, 0.05) is 13.7 Å². The first-order valence-electron chi connectivity index (χ1n) is 8.06. The molecule has 4 nitrogen and oxygen atoms in total. The number of methoxy groups -OCH3 is 1.